The van der Waals surface area contributed by atoms with Crippen LogP contribution in [0.25, 0.3) is 0 Å². The van der Waals surface area contributed by atoms with E-state index in [2.05, 4.69) is 5.32 Å². The molecular formula is C12H19ClN2O2S2. The highest BCUT2D eigenvalue weighted by Crippen LogP contribution is 2.28. The third-order valence-electron chi connectivity index (χ3n) is 3.94. The molecule has 1 aromatic heterocycles. The lowest BCUT2D eigenvalue weighted by molar-refractivity contribution is 0.448. The van der Waals surface area contributed by atoms with Crippen LogP contribution in [0, 0.1) is 11.8 Å². The van der Waals surface area contributed by atoms with E-state index in [0.29, 0.717) is 31.3 Å². The summed E-state index contributed by atoms with van der Waals surface area (Å²) in [5.41, 5.74) is 0. The van der Waals surface area contributed by atoms with Gasteiger partial charge in [0.2, 0.25) is 10.0 Å². The van der Waals surface area contributed by atoms with Crippen LogP contribution in [0.15, 0.2) is 17.5 Å². The number of halogens is 1. The fourth-order valence-corrected chi connectivity index (χ4v) is 5.26. The third-order valence-corrected chi connectivity index (χ3v) is 6.68. The van der Waals surface area contributed by atoms with Crippen molar-refractivity contribution in [2.45, 2.75) is 6.42 Å². The minimum absolute atomic E-state index is 0. The highest BCUT2D eigenvalue weighted by atomic mass is 35.5. The van der Waals surface area contributed by atoms with Crippen molar-refractivity contribution >= 4 is 33.8 Å². The maximum atomic E-state index is 12.3. The van der Waals surface area contributed by atoms with Crippen molar-refractivity contribution in [3.05, 3.63) is 22.4 Å². The van der Waals surface area contributed by atoms with Crippen LogP contribution in [0.3, 0.4) is 0 Å². The molecule has 3 heterocycles. The minimum atomic E-state index is -3.07. The molecule has 2 fully saturated rings. The van der Waals surface area contributed by atoms with Crippen LogP contribution >= 0.6 is 23.7 Å². The summed E-state index contributed by atoms with van der Waals surface area (Å²) >= 11 is 1.63. The number of fused-ring (bicyclic) bond motifs is 1. The number of nitrogens with zero attached hydrogens (tertiary/aromatic N) is 1. The molecule has 0 bridgehead atoms. The Balaban J connectivity index is 0.00000133. The van der Waals surface area contributed by atoms with E-state index in [1.54, 1.807) is 15.6 Å². The van der Waals surface area contributed by atoms with Crippen LogP contribution in [-0.4, -0.2) is 44.7 Å². The molecule has 1 N–H and O–H groups in total. The number of thiophene rings is 1. The van der Waals surface area contributed by atoms with E-state index in [4.69, 9.17) is 0 Å². The number of nitrogens with one attached hydrogen (secondary N) is 1. The molecule has 0 radical (unpaired) electrons. The zero-order chi connectivity index (χ0) is 12.6. The summed E-state index contributed by atoms with van der Waals surface area (Å²) in [4.78, 5) is 1.15. The van der Waals surface area contributed by atoms with Crippen LogP contribution < -0.4 is 5.32 Å². The number of sulfonamides is 1. The Morgan fingerprint density at radius 3 is 2.58 bits per heavy atom. The first kappa shape index (κ1) is 15.3. The molecule has 2 atom stereocenters. The van der Waals surface area contributed by atoms with E-state index in [-0.39, 0.29) is 18.2 Å². The second-order valence-electron chi connectivity index (χ2n) is 5.14. The van der Waals surface area contributed by atoms with Crippen LogP contribution in [0.2, 0.25) is 0 Å². The summed E-state index contributed by atoms with van der Waals surface area (Å²) in [6.45, 7) is 3.37. The number of aryl methyl sites for hydroxylation is 1. The molecule has 0 amide bonds. The first-order valence-electron chi connectivity index (χ1n) is 6.36. The van der Waals surface area contributed by atoms with E-state index in [1.807, 2.05) is 17.5 Å². The van der Waals surface area contributed by atoms with Gasteiger partial charge in [0.25, 0.3) is 0 Å². The fraction of sp³-hybridized carbons (Fsp3) is 0.667. The first-order valence-corrected chi connectivity index (χ1v) is 8.85. The second kappa shape index (κ2) is 6.10. The summed E-state index contributed by atoms with van der Waals surface area (Å²) in [5.74, 6) is 1.31. The highest BCUT2D eigenvalue weighted by molar-refractivity contribution is 7.89. The Morgan fingerprint density at radius 1 is 1.32 bits per heavy atom. The first-order chi connectivity index (χ1) is 8.65. The van der Waals surface area contributed by atoms with E-state index in [9.17, 15) is 8.42 Å². The molecule has 0 spiro atoms. The largest absolute Gasteiger partial charge is 0.316 e. The summed E-state index contributed by atoms with van der Waals surface area (Å²) in [7, 11) is -3.07. The molecule has 0 unspecified atom stereocenters. The smallest absolute Gasteiger partial charge is 0.214 e. The van der Waals surface area contributed by atoms with Crippen LogP contribution in [0.4, 0.5) is 0 Å². The highest BCUT2D eigenvalue weighted by Gasteiger charge is 2.40. The Hall–Kier alpha value is -0.140. The Morgan fingerprint density at radius 2 is 2.00 bits per heavy atom. The normalized spacial score (nSPS) is 27.2. The van der Waals surface area contributed by atoms with Crippen molar-refractivity contribution in [3.8, 4) is 0 Å². The number of hydrogen-bond acceptors (Lipinski definition) is 4. The summed E-state index contributed by atoms with van der Waals surface area (Å²) < 4.78 is 26.2. The van der Waals surface area contributed by atoms with Gasteiger partial charge in [-0.2, -0.15) is 0 Å². The topological polar surface area (TPSA) is 49.4 Å². The molecule has 0 saturated carbocycles. The fourth-order valence-electron chi connectivity index (χ4n) is 2.85. The van der Waals surface area contributed by atoms with E-state index in [0.717, 1.165) is 18.0 Å². The number of rotatable bonds is 4. The van der Waals surface area contributed by atoms with Crippen molar-refractivity contribution in [1.82, 2.24) is 9.62 Å². The lowest BCUT2D eigenvalue weighted by Crippen LogP contribution is -2.34. The average Bonchev–Trinajstić information content (AvgIpc) is 3.02. The van der Waals surface area contributed by atoms with Gasteiger partial charge in [0.05, 0.1) is 5.75 Å². The molecule has 1 aromatic rings. The monoisotopic (exact) mass is 322 g/mol. The molecular weight excluding hydrogens is 304 g/mol. The molecule has 2 saturated heterocycles. The van der Waals surface area contributed by atoms with E-state index >= 15 is 0 Å². The standard InChI is InChI=1S/C12H18N2O2S2.ClH/c15-18(16,5-3-12-2-1-4-17-12)14-8-10-6-13-7-11(10)9-14;/h1-2,4,10-11,13H,3,5-9H2;1H/t10-,11+;. The van der Waals surface area contributed by atoms with Crippen molar-refractivity contribution < 1.29 is 8.42 Å². The van der Waals surface area contributed by atoms with Crippen molar-refractivity contribution in [1.29, 1.82) is 0 Å². The van der Waals surface area contributed by atoms with Crippen molar-refractivity contribution in [2.75, 3.05) is 31.9 Å². The Labute approximate surface area is 124 Å². The number of hydrogen-bond donors (Lipinski definition) is 1. The molecule has 3 rings (SSSR count). The zero-order valence-corrected chi connectivity index (χ0v) is 13.1. The quantitative estimate of drug-likeness (QED) is 0.906. The zero-order valence-electron chi connectivity index (χ0n) is 10.6. The van der Waals surface area contributed by atoms with Crippen LogP contribution in [0.1, 0.15) is 4.88 Å². The third kappa shape index (κ3) is 3.31. The van der Waals surface area contributed by atoms with Gasteiger partial charge in [-0.15, -0.1) is 23.7 Å². The van der Waals surface area contributed by atoms with Crippen LogP contribution in [-0.2, 0) is 16.4 Å². The maximum Gasteiger partial charge on any atom is 0.214 e. The molecule has 7 heteroatoms. The lowest BCUT2D eigenvalue weighted by atomic mass is 10.0. The molecule has 2 aliphatic heterocycles. The van der Waals surface area contributed by atoms with Crippen molar-refractivity contribution in [3.63, 3.8) is 0 Å². The van der Waals surface area contributed by atoms with Gasteiger partial charge in [-0.25, -0.2) is 12.7 Å². The summed E-state index contributed by atoms with van der Waals surface area (Å²) in [6, 6.07) is 3.97. The average molecular weight is 323 g/mol. The Bertz CT molecular complexity index is 492. The summed E-state index contributed by atoms with van der Waals surface area (Å²) in [5, 5.41) is 5.32. The van der Waals surface area contributed by atoms with Gasteiger partial charge in [0, 0.05) is 18.0 Å². The predicted molar refractivity (Wildman–Crippen MR) is 80.5 cm³/mol. The van der Waals surface area contributed by atoms with Gasteiger partial charge in [-0.05, 0) is 42.8 Å². The van der Waals surface area contributed by atoms with Gasteiger partial charge >= 0.3 is 0 Å². The predicted octanol–water partition coefficient (Wildman–Crippen LogP) is 1.19. The molecule has 4 nitrogen and oxygen atoms in total. The van der Waals surface area contributed by atoms with Gasteiger partial charge in [-0.3, -0.25) is 0 Å². The maximum absolute atomic E-state index is 12.3. The van der Waals surface area contributed by atoms with Gasteiger partial charge in [0.15, 0.2) is 0 Å². The second-order valence-corrected chi connectivity index (χ2v) is 8.26. The molecule has 19 heavy (non-hydrogen) atoms. The van der Waals surface area contributed by atoms with Crippen LogP contribution in [0.5, 0.6) is 0 Å². The minimum Gasteiger partial charge on any atom is -0.316 e. The van der Waals surface area contributed by atoms with E-state index < -0.39 is 10.0 Å². The van der Waals surface area contributed by atoms with Gasteiger partial charge < -0.3 is 5.32 Å². The molecule has 0 aliphatic carbocycles. The van der Waals surface area contributed by atoms with Crippen molar-refractivity contribution in [2.24, 2.45) is 11.8 Å². The Kier molecular flexibility index (Phi) is 4.89. The summed E-state index contributed by atoms with van der Waals surface area (Å²) in [6.07, 6.45) is 0.643. The molecule has 0 aromatic carbocycles. The SMILES string of the molecule is Cl.O=S(=O)(CCc1cccs1)N1C[C@H]2CNC[C@H]2C1. The van der Waals surface area contributed by atoms with E-state index in [1.165, 1.54) is 0 Å². The lowest BCUT2D eigenvalue weighted by Gasteiger charge is -2.17. The van der Waals surface area contributed by atoms with Gasteiger partial charge in [-0.1, -0.05) is 6.07 Å². The van der Waals surface area contributed by atoms with Gasteiger partial charge in [0.1, 0.15) is 0 Å². The molecule has 2 aliphatic rings. The molecule has 108 valence electrons.